The first-order valence-electron chi connectivity index (χ1n) is 15.7. The highest BCUT2D eigenvalue weighted by molar-refractivity contribution is 6.33. The lowest BCUT2D eigenvalue weighted by molar-refractivity contribution is 0.360. The van der Waals surface area contributed by atoms with E-state index in [9.17, 15) is 0 Å². The molecular weight excluding hydrogens is 554 g/mol. The van der Waals surface area contributed by atoms with E-state index < -0.39 is 0 Å². The maximum absolute atomic E-state index is 6.13. The molecule has 1 N–H and O–H groups in total. The summed E-state index contributed by atoms with van der Waals surface area (Å²) in [5.74, 6) is 1.04. The lowest BCUT2D eigenvalue weighted by Gasteiger charge is -2.35. The molecule has 6 rings (SSSR count). The minimum Gasteiger partial charge on any atom is -0.481 e. The van der Waals surface area contributed by atoms with Crippen molar-refractivity contribution in [2.45, 2.75) is 90.1 Å². The standard InChI is InChI=1S/C36H42ClN5O/c1-23-8-7-19-38-35(29-20-30(42-33(23)29)27-12-15-32(43-4)39-21-27)25-9-5-6-17-36(3,18-16-25)31-22-40-34(24(2)41-31)26-10-13-28(37)14-11-26/h10-15,19-24,34,42H,5-9,16-18H2,1-4H3/b35-25+,38-19?. The average molecular weight is 596 g/mol. The van der Waals surface area contributed by atoms with Crippen molar-refractivity contribution in [2.24, 2.45) is 20.4 Å². The van der Waals surface area contributed by atoms with Gasteiger partial charge in [-0.05, 0) is 93.2 Å². The number of aromatic nitrogens is 2. The van der Waals surface area contributed by atoms with Crippen molar-refractivity contribution in [3.63, 3.8) is 0 Å². The predicted molar refractivity (Wildman–Crippen MR) is 179 cm³/mol. The molecule has 1 aromatic carbocycles. The van der Waals surface area contributed by atoms with E-state index in [4.69, 9.17) is 31.3 Å². The normalized spacial score (nSPS) is 27.8. The van der Waals surface area contributed by atoms with Crippen LogP contribution in [0, 0.1) is 5.41 Å². The zero-order valence-corrected chi connectivity index (χ0v) is 26.5. The number of methoxy groups -OCH3 is 1. The van der Waals surface area contributed by atoms with Crippen molar-refractivity contribution in [3.8, 4) is 17.1 Å². The number of aliphatic imine (C=N–C) groups is 3. The maximum Gasteiger partial charge on any atom is 0.212 e. The molecule has 0 bridgehead atoms. The number of pyridine rings is 1. The average Bonchev–Trinajstić information content (AvgIpc) is 3.44. The first kappa shape index (κ1) is 29.6. The van der Waals surface area contributed by atoms with Gasteiger partial charge in [-0.1, -0.05) is 44.0 Å². The second kappa shape index (κ2) is 12.6. The van der Waals surface area contributed by atoms with Gasteiger partial charge in [-0.2, -0.15) is 0 Å². The van der Waals surface area contributed by atoms with Crippen LogP contribution in [0.2, 0.25) is 5.02 Å². The highest BCUT2D eigenvalue weighted by atomic mass is 35.5. The Morgan fingerprint density at radius 1 is 1.02 bits per heavy atom. The van der Waals surface area contributed by atoms with Crippen LogP contribution in [0.25, 0.3) is 17.0 Å². The maximum atomic E-state index is 6.13. The molecule has 0 spiro atoms. The molecule has 0 saturated heterocycles. The molecule has 3 aromatic rings. The molecular formula is C36H42ClN5O. The molecule has 224 valence electrons. The Kier molecular flexibility index (Phi) is 8.67. The van der Waals surface area contributed by atoms with Crippen LogP contribution >= 0.6 is 11.6 Å². The number of ether oxygens (including phenoxy) is 1. The van der Waals surface area contributed by atoms with E-state index in [1.807, 2.05) is 24.4 Å². The molecule has 0 radical (unpaired) electrons. The van der Waals surface area contributed by atoms with Gasteiger partial charge in [-0.3, -0.25) is 15.0 Å². The molecule has 1 saturated carbocycles. The van der Waals surface area contributed by atoms with Gasteiger partial charge in [0.2, 0.25) is 5.88 Å². The third-order valence-electron chi connectivity index (χ3n) is 9.56. The van der Waals surface area contributed by atoms with Crippen molar-refractivity contribution < 1.29 is 4.74 Å². The molecule has 0 amide bonds. The van der Waals surface area contributed by atoms with E-state index in [0.717, 1.165) is 84.6 Å². The van der Waals surface area contributed by atoms with Gasteiger partial charge >= 0.3 is 0 Å². The van der Waals surface area contributed by atoms with E-state index in [2.05, 4.69) is 67.4 Å². The van der Waals surface area contributed by atoms with Gasteiger partial charge in [0.25, 0.3) is 0 Å². The van der Waals surface area contributed by atoms with Gasteiger partial charge in [0.15, 0.2) is 0 Å². The van der Waals surface area contributed by atoms with Crippen LogP contribution in [0.1, 0.15) is 101 Å². The van der Waals surface area contributed by atoms with Gasteiger partial charge in [0, 0.05) is 57.6 Å². The lowest BCUT2D eigenvalue weighted by Crippen LogP contribution is -2.34. The molecule has 1 aliphatic carbocycles. The summed E-state index contributed by atoms with van der Waals surface area (Å²) in [4.78, 5) is 23.6. The van der Waals surface area contributed by atoms with Gasteiger partial charge in [-0.15, -0.1) is 0 Å². The van der Waals surface area contributed by atoms with Crippen LogP contribution in [0.3, 0.4) is 0 Å². The fourth-order valence-electron chi connectivity index (χ4n) is 6.81. The fourth-order valence-corrected chi connectivity index (χ4v) is 6.93. The van der Waals surface area contributed by atoms with Gasteiger partial charge in [0.05, 0.1) is 30.6 Å². The smallest absolute Gasteiger partial charge is 0.212 e. The van der Waals surface area contributed by atoms with E-state index in [1.165, 1.54) is 16.8 Å². The summed E-state index contributed by atoms with van der Waals surface area (Å²) in [6, 6.07) is 14.4. The third-order valence-corrected chi connectivity index (χ3v) is 9.81. The molecule has 3 aliphatic rings. The Bertz CT molecular complexity index is 1570. The van der Waals surface area contributed by atoms with Crippen molar-refractivity contribution in [1.29, 1.82) is 0 Å². The van der Waals surface area contributed by atoms with Crippen LogP contribution < -0.4 is 4.74 Å². The Balaban J connectivity index is 1.29. The topological polar surface area (TPSA) is 75.0 Å². The first-order valence-corrected chi connectivity index (χ1v) is 16.1. The number of halogens is 1. The highest BCUT2D eigenvalue weighted by Crippen LogP contribution is 2.43. The van der Waals surface area contributed by atoms with Crippen molar-refractivity contribution in [1.82, 2.24) is 9.97 Å². The van der Waals surface area contributed by atoms with Crippen LogP contribution in [-0.4, -0.2) is 41.3 Å². The Labute approximate surface area is 260 Å². The van der Waals surface area contributed by atoms with Gasteiger partial charge < -0.3 is 9.72 Å². The summed E-state index contributed by atoms with van der Waals surface area (Å²) < 4.78 is 5.28. The molecule has 1 fully saturated rings. The number of rotatable bonds is 4. The summed E-state index contributed by atoms with van der Waals surface area (Å²) >= 11 is 6.13. The van der Waals surface area contributed by atoms with Crippen molar-refractivity contribution in [3.05, 3.63) is 76.1 Å². The molecule has 2 aliphatic heterocycles. The minimum atomic E-state index is -0.0194. The number of nitrogens with one attached hydrogen (secondary N) is 1. The molecule has 4 heterocycles. The summed E-state index contributed by atoms with van der Waals surface area (Å²) in [5.41, 5.74) is 9.55. The van der Waals surface area contributed by atoms with Crippen molar-refractivity contribution in [2.75, 3.05) is 7.11 Å². The second-order valence-electron chi connectivity index (χ2n) is 12.6. The van der Waals surface area contributed by atoms with Crippen LogP contribution in [0.15, 0.2) is 69.2 Å². The van der Waals surface area contributed by atoms with Gasteiger partial charge in [0.1, 0.15) is 0 Å². The van der Waals surface area contributed by atoms with E-state index >= 15 is 0 Å². The number of hydrogen-bond acceptors (Lipinski definition) is 5. The monoisotopic (exact) mass is 595 g/mol. The highest BCUT2D eigenvalue weighted by Gasteiger charge is 2.35. The molecule has 6 nitrogen and oxygen atoms in total. The summed E-state index contributed by atoms with van der Waals surface area (Å²) in [6.45, 7) is 6.89. The van der Waals surface area contributed by atoms with Crippen LogP contribution in [-0.2, 0) is 0 Å². The number of nitrogens with zero attached hydrogens (tertiary/aromatic N) is 4. The summed E-state index contributed by atoms with van der Waals surface area (Å²) in [6.07, 6.45) is 14.7. The fraction of sp³-hybridized carbons (Fsp3) is 0.444. The number of allylic oxidation sites excluding steroid dienone is 1. The molecule has 4 atom stereocenters. The second-order valence-corrected chi connectivity index (χ2v) is 13.1. The number of aromatic amines is 1. The zero-order valence-electron chi connectivity index (χ0n) is 25.7. The zero-order chi connectivity index (χ0) is 30.0. The molecule has 2 aromatic heterocycles. The van der Waals surface area contributed by atoms with Crippen LogP contribution in [0.4, 0.5) is 0 Å². The minimum absolute atomic E-state index is 0.0194. The number of benzene rings is 1. The summed E-state index contributed by atoms with van der Waals surface area (Å²) in [7, 11) is 1.65. The van der Waals surface area contributed by atoms with E-state index in [1.54, 1.807) is 7.11 Å². The quantitative estimate of drug-likeness (QED) is 0.326. The Morgan fingerprint density at radius 3 is 2.60 bits per heavy atom. The largest absolute Gasteiger partial charge is 0.481 e. The lowest BCUT2D eigenvalue weighted by atomic mass is 9.72. The van der Waals surface area contributed by atoms with Crippen molar-refractivity contribution >= 4 is 35.4 Å². The Morgan fingerprint density at radius 2 is 1.86 bits per heavy atom. The van der Waals surface area contributed by atoms with Gasteiger partial charge in [-0.25, -0.2) is 4.98 Å². The predicted octanol–water partition coefficient (Wildman–Crippen LogP) is 9.43. The molecule has 43 heavy (non-hydrogen) atoms. The summed E-state index contributed by atoms with van der Waals surface area (Å²) in [5, 5.41) is 0.746. The number of fused-ring (bicyclic) bond motifs is 1. The number of hydrogen-bond donors (Lipinski definition) is 1. The first-order chi connectivity index (χ1) is 20.8. The van der Waals surface area contributed by atoms with Crippen LogP contribution in [0.5, 0.6) is 5.88 Å². The molecule has 4 unspecified atom stereocenters. The number of H-pyrrole nitrogens is 1. The third kappa shape index (κ3) is 6.26. The Hall–Kier alpha value is -3.51. The molecule has 7 heteroatoms. The SMILES string of the molecule is COc1ccc(-c2cc3c([nH]2)C(C)CCC=N/C3=C2\CCCCC(C)(C3=NC(C)C(c4ccc(Cl)cc4)N=C3)CC2)cn1. The van der Waals surface area contributed by atoms with E-state index in [0.29, 0.717) is 11.8 Å². The van der Waals surface area contributed by atoms with E-state index in [-0.39, 0.29) is 17.5 Å².